The van der Waals surface area contributed by atoms with Crippen molar-refractivity contribution in [3.05, 3.63) is 120 Å². The van der Waals surface area contributed by atoms with Crippen LogP contribution in [0.25, 0.3) is 5.57 Å². The smallest absolute Gasteiger partial charge is 0.238 e. The van der Waals surface area contributed by atoms with E-state index in [1.54, 1.807) is 0 Å². The number of anilines is 1. The van der Waals surface area contributed by atoms with Crippen LogP contribution in [0.2, 0.25) is 0 Å². The molecule has 0 radical (unpaired) electrons. The van der Waals surface area contributed by atoms with Crippen molar-refractivity contribution < 1.29 is 14.0 Å². The highest BCUT2D eigenvalue weighted by Gasteiger charge is 2.62. The van der Waals surface area contributed by atoms with E-state index in [2.05, 4.69) is 36.4 Å². The van der Waals surface area contributed by atoms with Crippen molar-refractivity contribution in [1.82, 2.24) is 0 Å². The normalized spacial score (nSPS) is 25.5. The number of allylic oxidation sites excluding steroid dienone is 3. The molecule has 0 spiro atoms. The van der Waals surface area contributed by atoms with Gasteiger partial charge in [0.05, 0.1) is 17.5 Å². The SMILES string of the molecule is O=C1[C@@H]2[C@@H](C(=O)N1c1ccc(F)cc1)[C@H]1C=C[C@H]2C1=C(c1ccccc1)c1ccccc1. The number of fused-ring (bicyclic) bond motifs is 5. The fraction of sp³-hybridized carbons (Fsp3) is 0.143. The summed E-state index contributed by atoms with van der Waals surface area (Å²) in [4.78, 5) is 28.2. The maximum atomic E-state index is 13.5. The minimum atomic E-state index is -0.417. The van der Waals surface area contributed by atoms with E-state index in [1.807, 2.05) is 36.4 Å². The molecule has 1 heterocycles. The minimum absolute atomic E-state index is 0.123. The van der Waals surface area contributed by atoms with Gasteiger partial charge in [-0.15, -0.1) is 0 Å². The van der Waals surface area contributed by atoms with E-state index in [-0.39, 0.29) is 23.7 Å². The summed E-state index contributed by atoms with van der Waals surface area (Å²) >= 11 is 0. The molecule has 0 aromatic heterocycles. The maximum absolute atomic E-state index is 13.5. The molecule has 1 saturated heterocycles. The second kappa shape index (κ2) is 7.13. The molecule has 2 aliphatic carbocycles. The zero-order valence-electron chi connectivity index (χ0n) is 17.2. The Hall–Kier alpha value is -3.79. The van der Waals surface area contributed by atoms with Crippen LogP contribution in [0.1, 0.15) is 11.1 Å². The largest absolute Gasteiger partial charge is 0.274 e. The lowest BCUT2D eigenvalue weighted by molar-refractivity contribution is -0.122. The highest BCUT2D eigenvalue weighted by Crippen LogP contribution is 2.58. The molecular formula is C28H20FNO2. The topological polar surface area (TPSA) is 37.4 Å². The number of benzene rings is 3. The van der Waals surface area contributed by atoms with Crippen molar-refractivity contribution in [2.45, 2.75) is 0 Å². The molecule has 3 aromatic carbocycles. The first-order valence-electron chi connectivity index (χ1n) is 10.8. The Balaban J connectivity index is 1.48. The molecule has 0 unspecified atom stereocenters. The summed E-state index contributed by atoms with van der Waals surface area (Å²) in [6, 6.07) is 25.9. The zero-order valence-corrected chi connectivity index (χ0v) is 17.2. The summed E-state index contributed by atoms with van der Waals surface area (Å²) in [7, 11) is 0. The van der Waals surface area contributed by atoms with Gasteiger partial charge in [-0.05, 0) is 46.5 Å². The third-order valence-corrected chi connectivity index (χ3v) is 6.91. The van der Waals surface area contributed by atoms with E-state index in [1.165, 1.54) is 29.2 Å². The Labute approximate surface area is 185 Å². The number of amides is 2. The van der Waals surface area contributed by atoms with Crippen molar-refractivity contribution >= 4 is 23.1 Å². The number of hydrogen-bond acceptors (Lipinski definition) is 2. The van der Waals surface area contributed by atoms with E-state index in [4.69, 9.17) is 0 Å². The number of carbonyl (C=O) groups is 2. The van der Waals surface area contributed by atoms with Crippen LogP contribution < -0.4 is 4.90 Å². The average molecular weight is 421 g/mol. The fourth-order valence-electron chi connectivity index (χ4n) is 5.65. The number of hydrogen-bond donors (Lipinski definition) is 0. The molecule has 3 nitrogen and oxygen atoms in total. The Bertz CT molecular complexity index is 1200. The number of rotatable bonds is 3. The molecule has 3 aliphatic rings. The third-order valence-electron chi connectivity index (χ3n) is 6.91. The van der Waals surface area contributed by atoms with Crippen molar-refractivity contribution in [3.63, 3.8) is 0 Å². The van der Waals surface area contributed by atoms with Crippen molar-refractivity contribution in [2.24, 2.45) is 23.7 Å². The maximum Gasteiger partial charge on any atom is 0.238 e. The van der Waals surface area contributed by atoms with Gasteiger partial charge in [-0.25, -0.2) is 9.29 Å². The summed E-state index contributed by atoms with van der Waals surface area (Å²) in [5, 5.41) is 0. The first-order chi connectivity index (χ1) is 15.6. The number of carbonyl (C=O) groups excluding carboxylic acids is 2. The second-order valence-corrected chi connectivity index (χ2v) is 8.54. The molecule has 32 heavy (non-hydrogen) atoms. The van der Waals surface area contributed by atoms with Crippen LogP contribution in [0.3, 0.4) is 0 Å². The summed E-state index contributed by atoms with van der Waals surface area (Å²) in [5.74, 6) is -1.86. The van der Waals surface area contributed by atoms with Gasteiger partial charge in [-0.2, -0.15) is 0 Å². The Morgan fingerprint density at radius 3 is 1.59 bits per heavy atom. The third kappa shape index (κ3) is 2.65. The van der Waals surface area contributed by atoms with E-state index < -0.39 is 17.7 Å². The summed E-state index contributed by atoms with van der Waals surface area (Å²) in [6.45, 7) is 0. The molecule has 0 N–H and O–H groups in total. The quantitative estimate of drug-likeness (QED) is 0.428. The predicted molar refractivity (Wildman–Crippen MR) is 121 cm³/mol. The monoisotopic (exact) mass is 421 g/mol. The van der Waals surface area contributed by atoms with Gasteiger partial charge in [-0.1, -0.05) is 72.8 Å². The molecule has 2 fully saturated rings. The number of imide groups is 1. The Morgan fingerprint density at radius 2 is 1.12 bits per heavy atom. The lowest BCUT2D eigenvalue weighted by Crippen LogP contribution is -2.33. The Morgan fingerprint density at radius 1 is 0.656 bits per heavy atom. The van der Waals surface area contributed by atoms with Gasteiger partial charge in [0, 0.05) is 11.8 Å². The molecule has 1 saturated carbocycles. The molecule has 4 atom stereocenters. The average Bonchev–Trinajstić information content (AvgIpc) is 3.46. The standard InChI is InChI=1S/C28H20FNO2/c29-19-11-13-20(14-12-19)30-27(31)25-21-15-16-22(26(25)28(30)32)24(21)23(17-7-3-1-4-8-17)18-9-5-2-6-10-18/h1-16,21-22,25-26H/t21-,22-,25-,26-/m0/s1. The number of nitrogens with zero attached hydrogens (tertiary/aromatic N) is 1. The van der Waals surface area contributed by atoms with Gasteiger partial charge >= 0.3 is 0 Å². The lowest BCUT2D eigenvalue weighted by atomic mass is 9.85. The van der Waals surface area contributed by atoms with E-state index >= 15 is 0 Å². The van der Waals surface area contributed by atoms with Crippen LogP contribution in [-0.4, -0.2) is 11.8 Å². The van der Waals surface area contributed by atoms with E-state index in [0.29, 0.717) is 5.69 Å². The van der Waals surface area contributed by atoms with Gasteiger partial charge in [0.2, 0.25) is 11.8 Å². The van der Waals surface area contributed by atoms with Crippen molar-refractivity contribution in [2.75, 3.05) is 4.90 Å². The van der Waals surface area contributed by atoms with Gasteiger partial charge in [-0.3, -0.25) is 9.59 Å². The predicted octanol–water partition coefficient (Wildman–Crippen LogP) is 5.25. The molecule has 6 rings (SSSR count). The molecular weight excluding hydrogens is 401 g/mol. The van der Waals surface area contributed by atoms with E-state index in [0.717, 1.165) is 22.3 Å². The molecule has 2 amide bonds. The minimum Gasteiger partial charge on any atom is -0.274 e. The molecule has 156 valence electrons. The molecule has 2 bridgehead atoms. The van der Waals surface area contributed by atoms with Crippen molar-refractivity contribution in [3.8, 4) is 0 Å². The highest BCUT2D eigenvalue weighted by atomic mass is 19.1. The number of halogens is 1. The summed E-state index contributed by atoms with van der Waals surface area (Å²) < 4.78 is 13.4. The molecule has 1 aliphatic heterocycles. The van der Waals surface area contributed by atoms with Crippen LogP contribution in [0, 0.1) is 29.5 Å². The van der Waals surface area contributed by atoms with Crippen LogP contribution >= 0.6 is 0 Å². The highest BCUT2D eigenvalue weighted by molar-refractivity contribution is 6.23. The summed E-state index contributed by atoms with van der Waals surface area (Å²) in [6.07, 6.45) is 4.18. The molecule has 3 aromatic rings. The van der Waals surface area contributed by atoms with Crippen LogP contribution in [0.15, 0.2) is 103 Å². The molecule has 4 heteroatoms. The van der Waals surface area contributed by atoms with Crippen molar-refractivity contribution in [1.29, 1.82) is 0 Å². The first kappa shape index (κ1) is 18.9. The second-order valence-electron chi connectivity index (χ2n) is 8.54. The van der Waals surface area contributed by atoms with Crippen LogP contribution in [-0.2, 0) is 9.59 Å². The van der Waals surface area contributed by atoms with Gasteiger partial charge in [0.1, 0.15) is 5.82 Å². The first-order valence-corrected chi connectivity index (χ1v) is 10.8. The van der Waals surface area contributed by atoms with Crippen LogP contribution in [0.4, 0.5) is 10.1 Å². The Kier molecular flexibility index (Phi) is 4.22. The fourth-order valence-corrected chi connectivity index (χ4v) is 5.65. The van der Waals surface area contributed by atoms with Gasteiger partial charge < -0.3 is 0 Å². The van der Waals surface area contributed by atoms with Crippen LogP contribution in [0.5, 0.6) is 0 Å². The van der Waals surface area contributed by atoms with Gasteiger partial charge in [0.15, 0.2) is 0 Å². The zero-order chi connectivity index (χ0) is 21.8. The van der Waals surface area contributed by atoms with E-state index in [9.17, 15) is 14.0 Å². The van der Waals surface area contributed by atoms with Gasteiger partial charge in [0.25, 0.3) is 0 Å². The lowest BCUT2D eigenvalue weighted by Gasteiger charge is -2.21. The summed E-state index contributed by atoms with van der Waals surface area (Å²) in [5.41, 5.74) is 4.87.